The van der Waals surface area contributed by atoms with Gasteiger partial charge in [-0.2, -0.15) is 0 Å². The Hall–Kier alpha value is -0.0800. The highest BCUT2D eigenvalue weighted by atomic mass is 15.2. The van der Waals surface area contributed by atoms with Crippen molar-refractivity contribution in [3.63, 3.8) is 0 Å². The van der Waals surface area contributed by atoms with E-state index >= 15 is 0 Å². The van der Waals surface area contributed by atoms with Crippen molar-refractivity contribution < 1.29 is 0 Å². The molecule has 0 bridgehead atoms. The van der Waals surface area contributed by atoms with Gasteiger partial charge in [0.25, 0.3) is 0 Å². The van der Waals surface area contributed by atoms with Gasteiger partial charge in [-0.3, -0.25) is 0 Å². The predicted molar refractivity (Wildman–Crippen MR) is 60.5 cm³/mol. The molecule has 0 aromatic rings. The summed E-state index contributed by atoms with van der Waals surface area (Å²) in [4.78, 5) is 2.67. The molecule has 1 N–H and O–H groups in total. The fraction of sp³-hybridized carbons (Fsp3) is 1.00. The van der Waals surface area contributed by atoms with Crippen LogP contribution in [0.25, 0.3) is 0 Å². The van der Waals surface area contributed by atoms with Crippen molar-refractivity contribution >= 4 is 0 Å². The minimum atomic E-state index is 0.795. The van der Waals surface area contributed by atoms with Crippen LogP contribution in [-0.2, 0) is 0 Å². The second-order valence-electron chi connectivity index (χ2n) is 5.13. The molecule has 1 unspecified atom stereocenters. The molecule has 2 saturated heterocycles. The maximum Gasteiger partial charge on any atom is 0.0195 e. The Morgan fingerprint density at radius 1 is 1.14 bits per heavy atom. The van der Waals surface area contributed by atoms with E-state index in [9.17, 15) is 0 Å². The Morgan fingerprint density at radius 3 is 2.86 bits per heavy atom. The van der Waals surface area contributed by atoms with Gasteiger partial charge in [-0.05, 0) is 57.7 Å². The molecule has 2 atom stereocenters. The Balaban J connectivity index is 1.73. The smallest absolute Gasteiger partial charge is 0.0195 e. The van der Waals surface area contributed by atoms with Gasteiger partial charge in [-0.25, -0.2) is 0 Å². The van der Waals surface area contributed by atoms with Crippen LogP contribution in [0.1, 0.15) is 39.0 Å². The molecule has 0 aromatic heterocycles. The predicted octanol–water partition coefficient (Wildman–Crippen LogP) is 1.86. The van der Waals surface area contributed by atoms with Crippen molar-refractivity contribution in [3.05, 3.63) is 0 Å². The maximum atomic E-state index is 3.59. The normalized spacial score (nSPS) is 35.8. The number of hydrogen-bond acceptors (Lipinski definition) is 2. The lowest BCUT2D eigenvalue weighted by molar-refractivity contribution is 0.256. The Bertz CT molecular complexity index is 164. The molecule has 2 rings (SSSR count). The number of hydrogen-bond donors (Lipinski definition) is 1. The van der Waals surface area contributed by atoms with Crippen molar-refractivity contribution in [2.24, 2.45) is 5.92 Å². The van der Waals surface area contributed by atoms with Crippen LogP contribution in [0.3, 0.4) is 0 Å². The average Bonchev–Trinajstić information content (AvgIpc) is 2.58. The van der Waals surface area contributed by atoms with E-state index in [0.717, 1.165) is 12.0 Å². The Morgan fingerprint density at radius 2 is 2.07 bits per heavy atom. The lowest BCUT2D eigenvalue weighted by Gasteiger charge is -2.23. The number of likely N-dealkylation sites (tertiary alicyclic amines) is 1. The summed E-state index contributed by atoms with van der Waals surface area (Å²) in [7, 11) is 0. The molecule has 2 nitrogen and oxygen atoms in total. The van der Waals surface area contributed by atoms with Crippen molar-refractivity contribution in [3.8, 4) is 0 Å². The molecule has 0 aliphatic carbocycles. The van der Waals surface area contributed by atoms with Crippen LogP contribution in [-0.4, -0.2) is 37.1 Å². The molecular formula is C12H24N2. The summed E-state index contributed by atoms with van der Waals surface area (Å²) in [5, 5.41) is 3.59. The highest BCUT2D eigenvalue weighted by Gasteiger charge is 2.19. The molecule has 0 aromatic carbocycles. The summed E-state index contributed by atoms with van der Waals surface area (Å²) < 4.78 is 0. The molecule has 2 fully saturated rings. The van der Waals surface area contributed by atoms with Crippen LogP contribution in [0.2, 0.25) is 0 Å². The van der Waals surface area contributed by atoms with E-state index < -0.39 is 0 Å². The highest BCUT2D eigenvalue weighted by Crippen LogP contribution is 2.17. The summed E-state index contributed by atoms with van der Waals surface area (Å²) in [5.41, 5.74) is 0. The van der Waals surface area contributed by atoms with Gasteiger partial charge >= 0.3 is 0 Å². The largest absolute Gasteiger partial charge is 0.313 e. The van der Waals surface area contributed by atoms with Crippen LogP contribution < -0.4 is 5.32 Å². The van der Waals surface area contributed by atoms with Crippen molar-refractivity contribution in [2.45, 2.75) is 45.1 Å². The monoisotopic (exact) mass is 196 g/mol. The van der Waals surface area contributed by atoms with E-state index in [0.29, 0.717) is 0 Å². The van der Waals surface area contributed by atoms with Gasteiger partial charge in [0.1, 0.15) is 0 Å². The second-order valence-corrected chi connectivity index (χ2v) is 5.13. The molecule has 14 heavy (non-hydrogen) atoms. The standard InChI is InChI=1S/C12H24N2/c1-11-4-3-8-14(9-6-11)10-12-5-2-7-13-12/h11-13H,2-10H2,1H3/t11?,12-/m1/s1. The van der Waals surface area contributed by atoms with Crippen molar-refractivity contribution in [2.75, 3.05) is 26.2 Å². The van der Waals surface area contributed by atoms with Crippen LogP contribution in [0.15, 0.2) is 0 Å². The summed E-state index contributed by atoms with van der Waals surface area (Å²) in [6.07, 6.45) is 7.04. The first-order chi connectivity index (χ1) is 6.84. The summed E-state index contributed by atoms with van der Waals surface area (Å²) >= 11 is 0. The minimum absolute atomic E-state index is 0.795. The van der Waals surface area contributed by atoms with Crippen LogP contribution in [0, 0.1) is 5.92 Å². The van der Waals surface area contributed by atoms with E-state index in [2.05, 4.69) is 17.1 Å². The van der Waals surface area contributed by atoms with Crippen LogP contribution >= 0.6 is 0 Å². The average molecular weight is 196 g/mol. The maximum absolute atomic E-state index is 3.59. The number of nitrogens with one attached hydrogen (secondary N) is 1. The zero-order valence-electron chi connectivity index (χ0n) is 9.47. The molecule has 2 aliphatic heterocycles. The Kier molecular flexibility index (Phi) is 3.82. The summed E-state index contributed by atoms with van der Waals surface area (Å²) in [5.74, 6) is 0.955. The van der Waals surface area contributed by atoms with E-state index in [4.69, 9.17) is 0 Å². The van der Waals surface area contributed by atoms with Gasteiger partial charge in [-0.15, -0.1) is 0 Å². The number of rotatable bonds is 2. The fourth-order valence-corrected chi connectivity index (χ4v) is 2.73. The van der Waals surface area contributed by atoms with E-state index in [-0.39, 0.29) is 0 Å². The van der Waals surface area contributed by atoms with Crippen molar-refractivity contribution in [1.29, 1.82) is 0 Å². The van der Waals surface area contributed by atoms with E-state index in [1.807, 2.05) is 0 Å². The first-order valence-electron chi connectivity index (χ1n) is 6.30. The third kappa shape index (κ3) is 2.96. The van der Waals surface area contributed by atoms with Gasteiger partial charge in [0.2, 0.25) is 0 Å². The fourth-order valence-electron chi connectivity index (χ4n) is 2.73. The van der Waals surface area contributed by atoms with Gasteiger partial charge in [-0.1, -0.05) is 6.92 Å². The van der Waals surface area contributed by atoms with E-state index in [1.165, 1.54) is 58.3 Å². The Labute approximate surface area is 88.1 Å². The topological polar surface area (TPSA) is 15.3 Å². The SMILES string of the molecule is CC1CCCN(C[C@H]2CCCN2)CC1. The van der Waals surface area contributed by atoms with Gasteiger partial charge in [0, 0.05) is 12.6 Å². The zero-order chi connectivity index (χ0) is 9.80. The minimum Gasteiger partial charge on any atom is -0.313 e. The zero-order valence-corrected chi connectivity index (χ0v) is 9.47. The third-order valence-corrected chi connectivity index (χ3v) is 3.75. The third-order valence-electron chi connectivity index (χ3n) is 3.75. The first kappa shape index (κ1) is 10.4. The lowest BCUT2D eigenvalue weighted by atomic mass is 10.0. The van der Waals surface area contributed by atoms with E-state index in [1.54, 1.807) is 0 Å². The molecule has 0 spiro atoms. The van der Waals surface area contributed by atoms with Gasteiger partial charge in [0.15, 0.2) is 0 Å². The van der Waals surface area contributed by atoms with Crippen LogP contribution in [0.5, 0.6) is 0 Å². The quantitative estimate of drug-likeness (QED) is 0.725. The lowest BCUT2D eigenvalue weighted by Crippen LogP contribution is -2.38. The second kappa shape index (κ2) is 5.13. The summed E-state index contributed by atoms with van der Waals surface area (Å²) in [6.45, 7) is 7.61. The molecule has 82 valence electrons. The molecule has 2 heterocycles. The van der Waals surface area contributed by atoms with Gasteiger partial charge < -0.3 is 10.2 Å². The number of nitrogens with zero attached hydrogens (tertiary/aromatic N) is 1. The van der Waals surface area contributed by atoms with Crippen LogP contribution in [0.4, 0.5) is 0 Å². The summed E-state index contributed by atoms with van der Waals surface area (Å²) in [6, 6.07) is 0.795. The molecule has 0 saturated carbocycles. The molecule has 2 heteroatoms. The molecule has 0 radical (unpaired) electrons. The molecule has 0 amide bonds. The van der Waals surface area contributed by atoms with Crippen molar-refractivity contribution in [1.82, 2.24) is 10.2 Å². The van der Waals surface area contributed by atoms with Gasteiger partial charge in [0.05, 0.1) is 0 Å². The first-order valence-corrected chi connectivity index (χ1v) is 6.30. The molecular weight excluding hydrogens is 172 g/mol. The highest BCUT2D eigenvalue weighted by molar-refractivity contribution is 4.79. The molecule has 2 aliphatic rings.